The van der Waals surface area contributed by atoms with E-state index in [1.807, 2.05) is 85.9 Å². The summed E-state index contributed by atoms with van der Waals surface area (Å²) in [4.78, 5) is 18.5. The Labute approximate surface area is 183 Å². The van der Waals surface area contributed by atoms with Crippen LogP contribution in [0.15, 0.2) is 79.0 Å². The van der Waals surface area contributed by atoms with Crippen LogP contribution in [0.1, 0.15) is 28.9 Å². The van der Waals surface area contributed by atoms with Gasteiger partial charge >= 0.3 is 0 Å². The van der Waals surface area contributed by atoms with Gasteiger partial charge in [-0.05, 0) is 55.0 Å². The highest BCUT2D eigenvalue weighted by molar-refractivity contribution is 7.23. The summed E-state index contributed by atoms with van der Waals surface area (Å²) < 4.78 is 8.34. The maximum absolute atomic E-state index is 12.8. The summed E-state index contributed by atoms with van der Waals surface area (Å²) in [6, 6.07) is 23.6. The predicted octanol–water partition coefficient (Wildman–Crippen LogP) is 5.72. The summed E-state index contributed by atoms with van der Waals surface area (Å²) >= 11 is 1.58. The van der Waals surface area contributed by atoms with Crippen molar-refractivity contribution in [3.8, 4) is 17.0 Å². The molecule has 1 amide bonds. The lowest BCUT2D eigenvalue weighted by Crippen LogP contribution is -2.26. The lowest BCUT2D eigenvalue weighted by atomic mass is 10.1. The molecule has 5 aromatic rings. The molecular weight excluding hydrogens is 406 g/mol. The van der Waals surface area contributed by atoms with E-state index in [0.29, 0.717) is 5.56 Å². The molecule has 1 N–H and O–H groups in total. The zero-order valence-corrected chi connectivity index (χ0v) is 18.0. The van der Waals surface area contributed by atoms with Crippen LogP contribution in [0.2, 0.25) is 0 Å². The fourth-order valence-corrected chi connectivity index (χ4v) is 4.70. The Morgan fingerprint density at radius 3 is 2.58 bits per heavy atom. The molecule has 0 radical (unpaired) electrons. The molecule has 31 heavy (non-hydrogen) atoms. The van der Waals surface area contributed by atoms with Gasteiger partial charge in [-0.2, -0.15) is 0 Å². The number of aromatic nitrogens is 2. The largest absolute Gasteiger partial charge is 0.497 e. The van der Waals surface area contributed by atoms with Gasteiger partial charge in [-0.1, -0.05) is 41.7 Å². The number of nitrogens with one attached hydrogen (secondary N) is 1. The average molecular weight is 428 g/mol. The number of fused-ring (bicyclic) bond motifs is 3. The number of carbonyl (C=O) groups excluding carboxylic acids is 1. The van der Waals surface area contributed by atoms with Crippen molar-refractivity contribution in [3.05, 3.63) is 90.1 Å². The first-order chi connectivity index (χ1) is 15.1. The van der Waals surface area contributed by atoms with Gasteiger partial charge in [0.2, 0.25) is 0 Å². The van der Waals surface area contributed by atoms with Gasteiger partial charge in [0.15, 0.2) is 4.96 Å². The van der Waals surface area contributed by atoms with Crippen LogP contribution < -0.4 is 10.1 Å². The highest BCUT2D eigenvalue weighted by Gasteiger charge is 2.15. The van der Waals surface area contributed by atoms with Gasteiger partial charge in [-0.15, -0.1) is 0 Å². The molecule has 2 aromatic heterocycles. The topological polar surface area (TPSA) is 55.6 Å². The standard InChI is InChI=1S/C25H21N3O2S/c1-16(17-6-4-3-5-7-17)26-24(29)19-10-13-22-23(14-19)31-25-27-21(15-28(22)25)18-8-11-20(30-2)12-9-18/h3-16H,1-2H3,(H,26,29)/t16-/m1/s1. The summed E-state index contributed by atoms with van der Waals surface area (Å²) in [7, 11) is 1.66. The number of carbonyl (C=O) groups is 1. The number of methoxy groups -OCH3 is 1. The van der Waals surface area contributed by atoms with Crippen LogP contribution in [0.3, 0.4) is 0 Å². The smallest absolute Gasteiger partial charge is 0.251 e. The van der Waals surface area contributed by atoms with Crippen LogP contribution >= 0.6 is 11.3 Å². The Balaban J connectivity index is 1.41. The summed E-state index contributed by atoms with van der Waals surface area (Å²) in [6.07, 6.45) is 2.03. The van der Waals surface area contributed by atoms with Crippen molar-refractivity contribution < 1.29 is 9.53 Å². The molecule has 5 nitrogen and oxygen atoms in total. The molecule has 0 unspecified atom stereocenters. The Hall–Kier alpha value is -3.64. The fraction of sp³-hybridized carbons (Fsp3) is 0.120. The first-order valence-electron chi connectivity index (χ1n) is 10.0. The molecule has 0 aliphatic rings. The van der Waals surface area contributed by atoms with E-state index < -0.39 is 0 Å². The number of thiazole rings is 1. The lowest BCUT2D eigenvalue weighted by molar-refractivity contribution is 0.0940. The summed E-state index contributed by atoms with van der Waals surface area (Å²) in [5.74, 6) is 0.742. The van der Waals surface area contributed by atoms with Crippen molar-refractivity contribution in [2.75, 3.05) is 7.11 Å². The van der Waals surface area contributed by atoms with Gasteiger partial charge in [0, 0.05) is 17.3 Å². The van der Waals surface area contributed by atoms with Gasteiger partial charge in [-0.25, -0.2) is 4.98 Å². The minimum absolute atomic E-state index is 0.0582. The molecule has 0 saturated carbocycles. The highest BCUT2D eigenvalue weighted by atomic mass is 32.1. The van der Waals surface area contributed by atoms with E-state index in [9.17, 15) is 4.79 Å². The summed E-state index contributed by atoms with van der Waals surface area (Å²) in [6.45, 7) is 1.99. The highest BCUT2D eigenvalue weighted by Crippen LogP contribution is 2.31. The van der Waals surface area contributed by atoms with Crippen LogP contribution in [-0.4, -0.2) is 22.4 Å². The average Bonchev–Trinajstić information content (AvgIpc) is 3.37. The number of ether oxygens (including phenoxy) is 1. The SMILES string of the molecule is COc1ccc(-c2cn3c(n2)sc2cc(C(=O)N[C@H](C)c4ccccc4)ccc23)cc1. The Morgan fingerprint density at radius 1 is 1.06 bits per heavy atom. The molecule has 0 spiro atoms. The second-order valence-electron chi connectivity index (χ2n) is 7.40. The van der Waals surface area contributed by atoms with Crippen molar-refractivity contribution >= 4 is 32.4 Å². The number of hydrogen-bond donors (Lipinski definition) is 1. The van der Waals surface area contributed by atoms with Gasteiger partial charge in [0.05, 0.1) is 29.1 Å². The predicted molar refractivity (Wildman–Crippen MR) is 125 cm³/mol. The number of hydrogen-bond acceptors (Lipinski definition) is 4. The quantitative estimate of drug-likeness (QED) is 0.391. The summed E-state index contributed by atoms with van der Waals surface area (Å²) in [5.41, 5.74) is 4.72. The van der Waals surface area contributed by atoms with Crippen molar-refractivity contribution in [2.24, 2.45) is 0 Å². The molecular formula is C25H21N3O2S. The lowest BCUT2D eigenvalue weighted by Gasteiger charge is -2.14. The number of imidazole rings is 1. The first-order valence-corrected chi connectivity index (χ1v) is 10.9. The molecule has 6 heteroatoms. The van der Waals surface area contributed by atoms with Crippen LogP contribution in [-0.2, 0) is 0 Å². The maximum Gasteiger partial charge on any atom is 0.251 e. The molecule has 3 aromatic carbocycles. The van der Waals surface area contributed by atoms with Gasteiger partial charge in [-0.3, -0.25) is 9.20 Å². The Bertz CT molecular complexity index is 1370. The van der Waals surface area contributed by atoms with Gasteiger partial charge in [0.1, 0.15) is 5.75 Å². The zero-order chi connectivity index (χ0) is 21.4. The van der Waals surface area contributed by atoms with Crippen molar-refractivity contribution in [2.45, 2.75) is 13.0 Å². The van der Waals surface area contributed by atoms with E-state index in [0.717, 1.165) is 37.7 Å². The van der Waals surface area contributed by atoms with E-state index in [-0.39, 0.29) is 11.9 Å². The van der Waals surface area contributed by atoms with Crippen molar-refractivity contribution in [1.29, 1.82) is 0 Å². The van der Waals surface area contributed by atoms with E-state index in [1.54, 1.807) is 18.4 Å². The minimum atomic E-state index is -0.0804. The molecule has 0 bridgehead atoms. The molecule has 154 valence electrons. The number of benzene rings is 3. The molecule has 2 heterocycles. The first kappa shape index (κ1) is 19.3. The minimum Gasteiger partial charge on any atom is -0.497 e. The van der Waals surface area contributed by atoms with E-state index in [4.69, 9.17) is 9.72 Å². The fourth-order valence-electron chi connectivity index (χ4n) is 3.65. The van der Waals surface area contributed by atoms with Crippen LogP contribution in [0.4, 0.5) is 0 Å². The van der Waals surface area contributed by atoms with Crippen LogP contribution in [0, 0.1) is 0 Å². The van der Waals surface area contributed by atoms with Gasteiger partial charge in [0.25, 0.3) is 5.91 Å². The van der Waals surface area contributed by atoms with E-state index in [2.05, 4.69) is 9.72 Å². The molecule has 1 atom stereocenters. The molecule has 5 rings (SSSR count). The van der Waals surface area contributed by atoms with E-state index >= 15 is 0 Å². The second-order valence-corrected chi connectivity index (χ2v) is 8.41. The van der Waals surface area contributed by atoms with Crippen LogP contribution in [0.25, 0.3) is 26.4 Å². The molecule has 0 aliphatic heterocycles. The van der Waals surface area contributed by atoms with Crippen LogP contribution in [0.5, 0.6) is 5.75 Å². The van der Waals surface area contributed by atoms with Gasteiger partial charge < -0.3 is 10.1 Å². The third kappa shape index (κ3) is 3.66. The molecule has 0 saturated heterocycles. The Kier molecular flexibility index (Phi) is 4.92. The normalized spacial score (nSPS) is 12.2. The van der Waals surface area contributed by atoms with Crippen molar-refractivity contribution in [1.82, 2.24) is 14.7 Å². The second kappa shape index (κ2) is 7.89. The van der Waals surface area contributed by atoms with Crippen molar-refractivity contribution in [3.63, 3.8) is 0 Å². The molecule has 0 fully saturated rings. The van der Waals surface area contributed by atoms with E-state index in [1.165, 1.54) is 0 Å². The third-order valence-corrected chi connectivity index (χ3v) is 6.41. The number of rotatable bonds is 5. The monoisotopic (exact) mass is 427 g/mol. The number of nitrogens with zero attached hydrogens (tertiary/aromatic N) is 2. The number of amides is 1. The Morgan fingerprint density at radius 2 is 1.84 bits per heavy atom. The molecule has 0 aliphatic carbocycles. The summed E-state index contributed by atoms with van der Waals surface area (Å²) in [5, 5.41) is 3.08. The zero-order valence-electron chi connectivity index (χ0n) is 17.2. The maximum atomic E-state index is 12.8. The third-order valence-electron chi connectivity index (χ3n) is 5.39.